The van der Waals surface area contributed by atoms with E-state index in [2.05, 4.69) is 27.7 Å². The van der Waals surface area contributed by atoms with Gasteiger partial charge in [-0.2, -0.15) is 0 Å². The molecule has 0 saturated carbocycles. The molecule has 0 aliphatic heterocycles. The summed E-state index contributed by atoms with van der Waals surface area (Å²) in [6.45, 7) is 11.5. The Bertz CT molecular complexity index is 1760. The zero-order valence-corrected chi connectivity index (χ0v) is 49.3. The molecule has 76 heavy (non-hydrogen) atoms. The second-order valence-corrected chi connectivity index (χ2v) is 21.9. The quantitative estimate of drug-likeness (QED) is 0.0431. The van der Waals surface area contributed by atoms with Crippen molar-refractivity contribution in [3.8, 4) is 34.5 Å². The van der Waals surface area contributed by atoms with Crippen molar-refractivity contribution in [3.05, 3.63) is 59.7 Å². The number of ether oxygens (including phenoxy) is 4. The molecule has 430 valence electrons. The minimum atomic E-state index is 0.101. The number of nitrogens with zero attached hydrogens (tertiary/aromatic N) is 2. The van der Waals surface area contributed by atoms with E-state index in [0.717, 1.165) is 51.4 Å². The van der Waals surface area contributed by atoms with Crippen molar-refractivity contribution < 1.29 is 29.2 Å². The molecule has 0 saturated heterocycles. The fourth-order valence-corrected chi connectivity index (χ4v) is 9.80. The Hall–Kier alpha value is -4.20. The van der Waals surface area contributed by atoms with Gasteiger partial charge >= 0.3 is 0 Å². The molecule has 0 aromatic heterocycles. The van der Waals surface area contributed by atoms with E-state index in [1.807, 2.05) is 36.4 Å². The van der Waals surface area contributed by atoms with Gasteiger partial charge in [-0.05, 0) is 49.9 Å². The number of aliphatic imine (C=N–C) groups is 2. The van der Waals surface area contributed by atoms with Crippen LogP contribution in [0.2, 0.25) is 0 Å². The molecular formula is C68H112N2O6. The Labute approximate surface area is 466 Å². The number of unbranched alkanes of at least 4 members (excludes halogenated alkanes) is 36. The van der Waals surface area contributed by atoms with E-state index in [1.54, 1.807) is 24.6 Å². The van der Waals surface area contributed by atoms with Gasteiger partial charge in [-0.25, -0.2) is 0 Å². The molecule has 3 aromatic rings. The largest absolute Gasteiger partial charge is 0.507 e. The highest BCUT2D eigenvalue weighted by molar-refractivity contribution is 5.90. The maximum Gasteiger partial charge on any atom is 0.163 e. The highest BCUT2D eigenvalue weighted by atomic mass is 16.5. The van der Waals surface area contributed by atoms with Gasteiger partial charge in [0.2, 0.25) is 0 Å². The van der Waals surface area contributed by atoms with Crippen molar-refractivity contribution in [2.75, 3.05) is 26.4 Å². The van der Waals surface area contributed by atoms with Crippen LogP contribution in [0, 0.1) is 0 Å². The molecule has 0 radical (unpaired) electrons. The van der Waals surface area contributed by atoms with Crippen molar-refractivity contribution in [2.45, 2.75) is 285 Å². The number of hydrogen-bond donors (Lipinski definition) is 2. The van der Waals surface area contributed by atoms with Gasteiger partial charge < -0.3 is 29.2 Å². The fourth-order valence-electron chi connectivity index (χ4n) is 9.80. The summed E-state index contributed by atoms with van der Waals surface area (Å²) in [5, 5.41) is 22.4. The molecule has 8 heteroatoms. The van der Waals surface area contributed by atoms with Crippen LogP contribution in [0.1, 0.15) is 296 Å². The molecule has 0 bridgehead atoms. The van der Waals surface area contributed by atoms with Crippen molar-refractivity contribution in [3.63, 3.8) is 0 Å². The fraction of sp³-hybridized carbons (Fsp3) is 0.706. The minimum absolute atomic E-state index is 0.101. The lowest BCUT2D eigenvalue weighted by Crippen LogP contribution is -2.03. The monoisotopic (exact) mass is 1050 g/mol. The third kappa shape index (κ3) is 33.2. The predicted molar refractivity (Wildman–Crippen MR) is 327 cm³/mol. The van der Waals surface area contributed by atoms with Crippen LogP contribution >= 0.6 is 0 Å². The van der Waals surface area contributed by atoms with Crippen molar-refractivity contribution in [2.24, 2.45) is 9.98 Å². The van der Waals surface area contributed by atoms with E-state index in [9.17, 15) is 10.2 Å². The number of rotatable bonds is 52. The Morgan fingerprint density at radius 1 is 0.303 bits per heavy atom. The van der Waals surface area contributed by atoms with Crippen LogP contribution in [-0.2, 0) is 0 Å². The summed E-state index contributed by atoms with van der Waals surface area (Å²) in [6.07, 6.45) is 54.0. The first kappa shape index (κ1) is 66.1. The highest BCUT2D eigenvalue weighted by Gasteiger charge is 2.14. The number of phenolic OH excluding ortho intramolecular Hbond substituents is 2. The zero-order chi connectivity index (χ0) is 54.2. The van der Waals surface area contributed by atoms with Gasteiger partial charge in [-0.3, -0.25) is 9.98 Å². The van der Waals surface area contributed by atoms with Gasteiger partial charge in [-0.1, -0.05) is 259 Å². The van der Waals surface area contributed by atoms with Gasteiger partial charge in [0.25, 0.3) is 0 Å². The Morgan fingerprint density at radius 3 is 0.789 bits per heavy atom. The summed E-state index contributed by atoms with van der Waals surface area (Å²) < 4.78 is 25.2. The molecule has 0 fully saturated rings. The van der Waals surface area contributed by atoms with E-state index < -0.39 is 0 Å². The third-order valence-electron chi connectivity index (χ3n) is 14.8. The average Bonchev–Trinajstić information content (AvgIpc) is 3.42. The minimum Gasteiger partial charge on any atom is -0.507 e. The standard InChI is InChI=1S/C68H112N2O6/c1-5-9-13-17-21-25-29-33-37-41-49-73-61-47-45-59(65(71)53-61)57-69-63-55-67(75-51-43-39-35-31-27-23-19-15-11-7-3)68(76-52-44-40-36-32-28-24-20-16-12-8-4)56-64(63)70-58-60-46-48-62(54-66(60)72)74-50-42-38-34-30-26-22-18-14-10-6-2/h45-48,53-58,71-72H,5-44,49-52H2,1-4H3. The van der Waals surface area contributed by atoms with E-state index in [1.165, 1.54) is 205 Å². The normalized spacial score (nSPS) is 11.6. The van der Waals surface area contributed by atoms with E-state index in [0.29, 0.717) is 71.9 Å². The zero-order valence-electron chi connectivity index (χ0n) is 49.3. The summed E-state index contributed by atoms with van der Waals surface area (Å²) in [6, 6.07) is 14.7. The third-order valence-corrected chi connectivity index (χ3v) is 14.8. The summed E-state index contributed by atoms with van der Waals surface area (Å²) >= 11 is 0. The summed E-state index contributed by atoms with van der Waals surface area (Å²) in [5.74, 6) is 2.78. The molecule has 3 aromatic carbocycles. The Morgan fingerprint density at radius 2 is 0.539 bits per heavy atom. The number of benzene rings is 3. The molecule has 0 amide bonds. The summed E-state index contributed by atoms with van der Waals surface area (Å²) in [4.78, 5) is 9.88. The van der Waals surface area contributed by atoms with Crippen LogP contribution in [0.5, 0.6) is 34.5 Å². The van der Waals surface area contributed by atoms with E-state index in [-0.39, 0.29) is 11.5 Å². The molecule has 0 atom stereocenters. The lowest BCUT2D eigenvalue weighted by molar-refractivity contribution is 0.258. The van der Waals surface area contributed by atoms with Gasteiger partial charge in [0.1, 0.15) is 23.0 Å². The molecule has 3 rings (SSSR count). The topological polar surface area (TPSA) is 102 Å². The number of hydrogen-bond acceptors (Lipinski definition) is 8. The second-order valence-electron chi connectivity index (χ2n) is 21.9. The van der Waals surface area contributed by atoms with Crippen LogP contribution in [0.25, 0.3) is 0 Å². The summed E-state index contributed by atoms with van der Waals surface area (Å²) in [7, 11) is 0. The molecular weight excluding hydrogens is 941 g/mol. The van der Waals surface area contributed by atoms with Crippen LogP contribution in [-0.4, -0.2) is 49.1 Å². The van der Waals surface area contributed by atoms with Crippen LogP contribution < -0.4 is 18.9 Å². The van der Waals surface area contributed by atoms with Gasteiger partial charge in [-0.15, -0.1) is 0 Å². The van der Waals surface area contributed by atoms with Crippen molar-refractivity contribution in [1.82, 2.24) is 0 Å². The molecule has 2 N–H and O–H groups in total. The van der Waals surface area contributed by atoms with Crippen LogP contribution in [0.3, 0.4) is 0 Å². The molecule has 0 spiro atoms. The molecule has 0 heterocycles. The molecule has 0 aliphatic rings. The van der Waals surface area contributed by atoms with Crippen LogP contribution in [0.4, 0.5) is 11.4 Å². The second kappa shape index (κ2) is 46.9. The lowest BCUT2D eigenvalue weighted by atomic mass is 10.1. The first-order valence-electron chi connectivity index (χ1n) is 31.9. The molecule has 8 nitrogen and oxygen atoms in total. The van der Waals surface area contributed by atoms with E-state index in [4.69, 9.17) is 28.9 Å². The van der Waals surface area contributed by atoms with Gasteiger partial charge in [0.05, 0.1) is 37.8 Å². The van der Waals surface area contributed by atoms with Gasteiger partial charge in [0, 0.05) is 47.8 Å². The Kier molecular flexibility index (Phi) is 40.7. The summed E-state index contributed by atoms with van der Waals surface area (Å²) in [5.41, 5.74) is 2.28. The smallest absolute Gasteiger partial charge is 0.163 e. The molecule has 0 unspecified atom stereocenters. The lowest BCUT2D eigenvalue weighted by Gasteiger charge is -2.15. The Balaban J connectivity index is 1.75. The first-order chi connectivity index (χ1) is 37.5. The SMILES string of the molecule is CCCCCCCCCCCCOc1ccc(C=Nc2cc(OCCCCCCCCCCCC)c(OCCCCCCCCCCCC)cc2N=Cc2ccc(OCCCCCCCCCCCC)cc2O)c(O)c1. The average molecular weight is 1050 g/mol. The number of aromatic hydroxyl groups is 2. The van der Waals surface area contributed by atoms with E-state index >= 15 is 0 Å². The van der Waals surface area contributed by atoms with Gasteiger partial charge in [0.15, 0.2) is 11.5 Å². The van der Waals surface area contributed by atoms with Crippen molar-refractivity contribution >= 4 is 23.8 Å². The maximum absolute atomic E-state index is 11.2. The predicted octanol–water partition coefficient (Wildman–Crippen LogP) is 21.8. The first-order valence-corrected chi connectivity index (χ1v) is 31.9. The number of phenols is 2. The molecule has 0 aliphatic carbocycles. The van der Waals surface area contributed by atoms with Crippen molar-refractivity contribution in [1.29, 1.82) is 0 Å². The highest BCUT2D eigenvalue weighted by Crippen LogP contribution is 2.41. The maximum atomic E-state index is 11.2. The van der Waals surface area contributed by atoms with Crippen LogP contribution in [0.15, 0.2) is 58.5 Å².